The Labute approximate surface area is 125 Å². The van der Waals surface area contributed by atoms with Crippen LogP contribution < -0.4 is 11.1 Å². The first-order valence-corrected chi connectivity index (χ1v) is 7.30. The lowest BCUT2D eigenvalue weighted by Crippen LogP contribution is -2.29. The highest BCUT2D eigenvalue weighted by Crippen LogP contribution is 2.12. The van der Waals surface area contributed by atoms with Gasteiger partial charge in [0.1, 0.15) is 0 Å². The molecule has 112 valence electrons. The molecule has 0 saturated carbocycles. The molecule has 0 spiro atoms. The molecular formula is C16H22N4O. The average molecular weight is 286 g/mol. The van der Waals surface area contributed by atoms with E-state index in [0.29, 0.717) is 18.8 Å². The van der Waals surface area contributed by atoms with Crippen molar-refractivity contribution >= 4 is 11.6 Å². The Morgan fingerprint density at radius 1 is 1.38 bits per heavy atom. The van der Waals surface area contributed by atoms with Crippen LogP contribution in [-0.2, 0) is 11.3 Å². The van der Waals surface area contributed by atoms with E-state index in [9.17, 15) is 4.79 Å². The van der Waals surface area contributed by atoms with Crippen molar-refractivity contribution in [1.82, 2.24) is 9.78 Å². The Morgan fingerprint density at radius 3 is 2.81 bits per heavy atom. The Hall–Kier alpha value is -2.14. The maximum atomic E-state index is 12.1. The van der Waals surface area contributed by atoms with E-state index >= 15 is 0 Å². The first-order valence-electron chi connectivity index (χ1n) is 7.30. The van der Waals surface area contributed by atoms with E-state index in [1.54, 1.807) is 6.20 Å². The van der Waals surface area contributed by atoms with Gasteiger partial charge in [-0.1, -0.05) is 43.7 Å². The predicted molar refractivity (Wildman–Crippen MR) is 83.9 cm³/mol. The maximum Gasteiger partial charge on any atom is 0.228 e. The number of nitrogens with two attached hydrogens (primary N) is 1. The summed E-state index contributed by atoms with van der Waals surface area (Å²) in [6.07, 6.45) is 5.26. The Balaban J connectivity index is 1.95. The summed E-state index contributed by atoms with van der Waals surface area (Å²) in [5, 5.41) is 7.15. The molecule has 0 radical (unpaired) electrons. The highest BCUT2D eigenvalue weighted by molar-refractivity contribution is 5.92. The van der Waals surface area contributed by atoms with Crippen LogP contribution in [0.4, 0.5) is 5.69 Å². The van der Waals surface area contributed by atoms with E-state index in [-0.39, 0.29) is 11.8 Å². The minimum absolute atomic E-state index is 0.0291. The van der Waals surface area contributed by atoms with Gasteiger partial charge in [-0.2, -0.15) is 5.10 Å². The molecule has 0 bridgehead atoms. The number of hydrogen-bond donors (Lipinski definition) is 2. The summed E-state index contributed by atoms with van der Waals surface area (Å²) in [5.41, 5.74) is 7.52. The number of aromatic nitrogens is 2. The van der Waals surface area contributed by atoms with E-state index in [1.165, 1.54) is 5.56 Å². The van der Waals surface area contributed by atoms with E-state index in [1.807, 2.05) is 48.1 Å². The number of benzene rings is 1. The zero-order chi connectivity index (χ0) is 15.1. The van der Waals surface area contributed by atoms with Crippen LogP contribution in [0, 0.1) is 5.92 Å². The first kappa shape index (κ1) is 15.3. The Morgan fingerprint density at radius 2 is 2.14 bits per heavy atom. The number of carbonyl (C=O) groups is 1. The van der Waals surface area contributed by atoms with Gasteiger partial charge in [0.25, 0.3) is 0 Å². The topological polar surface area (TPSA) is 72.9 Å². The number of nitrogens with zero attached hydrogens (tertiary/aromatic N) is 2. The molecule has 5 nitrogen and oxygen atoms in total. The molecule has 0 aliphatic heterocycles. The summed E-state index contributed by atoms with van der Waals surface area (Å²) < 4.78 is 1.81. The van der Waals surface area contributed by atoms with Crippen LogP contribution in [0.3, 0.4) is 0 Å². The van der Waals surface area contributed by atoms with Crippen molar-refractivity contribution in [3.63, 3.8) is 0 Å². The molecule has 0 aliphatic carbocycles. The number of nitrogens with one attached hydrogen (secondary N) is 1. The van der Waals surface area contributed by atoms with Crippen molar-refractivity contribution in [2.24, 2.45) is 11.7 Å². The maximum absolute atomic E-state index is 12.1. The van der Waals surface area contributed by atoms with Crippen molar-refractivity contribution in [2.75, 3.05) is 11.9 Å². The smallest absolute Gasteiger partial charge is 0.228 e. The van der Waals surface area contributed by atoms with E-state index < -0.39 is 0 Å². The van der Waals surface area contributed by atoms with Crippen molar-refractivity contribution in [3.05, 3.63) is 48.3 Å². The molecule has 0 saturated heterocycles. The van der Waals surface area contributed by atoms with Crippen LogP contribution in [0.5, 0.6) is 0 Å². The number of rotatable bonds is 7. The minimum Gasteiger partial charge on any atom is -0.330 e. The lowest BCUT2D eigenvalue weighted by atomic mass is 10.0. The number of hydrogen-bond acceptors (Lipinski definition) is 3. The minimum atomic E-state index is -0.132. The third-order valence-electron chi connectivity index (χ3n) is 3.38. The van der Waals surface area contributed by atoms with Crippen molar-refractivity contribution in [3.8, 4) is 0 Å². The quantitative estimate of drug-likeness (QED) is 0.820. The zero-order valence-corrected chi connectivity index (χ0v) is 12.3. The largest absolute Gasteiger partial charge is 0.330 e. The van der Waals surface area contributed by atoms with Gasteiger partial charge < -0.3 is 11.1 Å². The molecule has 1 aromatic heterocycles. The molecule has 2 rings (SSSR count). The Kier molecular flexibility index (Phi) is 5.51. The van der Waals surface area contributed by atoms with Crippen molar-refractivity contribution < 1.29 is 4.79 Å². The molecule has 1 atom stereocenters. The normalized spacial score (nSPS) is 12.1. The molecule has 3 N–H and O–H groups in total. The standard InChI is InChI=1S/C16H22N4O/c1-2-6-14(9-17)16(21)19-15-10-18-20(12-15)11-13-7-4-3-5-8-13/h3-5,7-8,10,12,14H,2,6,9,11,17H2,1H3,(H,19,21). The summed E-state index contributed by atoms with van der Waals surface area (Å²) in [6, 6.07) is 10.1. The molecule has 1 aromatic carbocycles. The van der Waals surface area contributed by atoms with Gasteiger partial charge in [0.15, 0.2) is 0 Å². The number of carbonyl (C=O) groups excluding carboxylic acids is 1. The third-order valence-corrected chi connectivity index (χ3v) is 3.38. The molecule has 2 aromatic rings. The third kappa shape index (κ3) is 4.43. The molecule has 1 unspecified atom stereocenters. The number of anilines is 1. The molecular weight excluding hydrogens is 264 g/mol. The van der Waals surface area contributed by atoms with E-state index in [2.05, 4.69) is 10.4 Å². The summed E-state index contributed by atoms with van der Waals surface area (Å²) in [5.74, 6) is -0.161. The van der Waals surface area contributed by atoms with Crippen molar-refractivity contribution in [1.29, 1.82) is 0 Å². The lowest BCUT2D eigenvalue weighted by molar-refractivity contribution is -0.119. The number of amides is 1. The summed E-state index contributed by atoms with van der Waals surface area (Å²) in [7, 11) is 0. The van der Waals surface area contributed by atoms with Crippen LogP contribution in [0.2, 0.25) is 0 Å². The molecule has 5 heteroatoms. The van der Waals surface area contributed by atoms with E-state index in [4.69, 9.17) is 5.73 Å². The van der Waals surface area contributed by atoms with Gasteiger partial charge >= 0.3 is 0 Å². The fourth-order valence-corrected chi connectivity index (χ4v) is 2.23. The Bertz CT molecular complexity index is 565. The fourth-order valence-electron chi connectivity index (χ4n) is 2.23. The highest BCUT2D eigenvalue weighted by atomic mass is 16.1. The zero-order valence-electron chi connectivity index (χ0n) is 12.3. The van der Waals surface area contributed by atoms with E-state index in [0.717, 1.165) is 12.8 Å². The van der Waals surface area contributed by atoms with Crippen LogP contribution in [0.15, 0.2) is 42.7 Å². The van der Waals surface area contributed by atoms with Gasteiger partial charge in [0.05, 0.1) is 24.3 Å². The second kappa shape index (κ2) is 7.59. The van der Waals surface area contributed by atoms with Gasteiger partial charge in [-0.25, -0.2) is 0 Å². The molecule has 1 amide bonds. The van der Waals surface area contributed by atoms with Crippen molar-refractivity contribution in [2.45, 2.75) is 26.3 Å². The molecule has 0 fully saturated rings. The highest BCUT2D eigenvalue weighted by Gasteiger charge is 2.16. The monoisotopic (exact) mass is 286 g/mol. The average Bonchev–Trinajstić information content (AvgIpc) is 2.92. The van der Waals surface area contributed by atoms with Crippen LogP contribution in [0.25, 0.3) is 0 Å². The summed E-state index contributed by atoms with van der Waals surface area (Å²) >= 11 is 0. The van der Waals surface area contributed by atoms with Gasteiger partial charge in [-0.3, -0.25) is 9.48 Å². The molecule has 21 heavy (non-hydrogen) atoms. The molecule has 1 heterocycles. The second-order valence-electron chi connectivity index (χ2n) is 5.12. The van der Waals surface area contributed by atoms with Gasteiger partial charge in [0, 0.05) is 12.7 Å². The molecule has 0 aliphatic rings. The SMILES string of the molecule is CCCC(CN)C(=O)Nc1cnn(Cc2ccccc2)c1. The fraction of sp³-hybridized carbons (Fsp3) is 0.375. The second-order valence-corrected chi connectivity index (χ2v) is 5.12. The van der Waals surface area contributed by atoms with Gasteiger partial charge in [-0.05, 0) is 12.0 Å². The van der Waals surface area contributed by atoms with Crippen LogP contribution in [-0.4, -0.2) is 22.2 Å². The van der Waals surface area contributed by atoms with Gasteiger partial charge in [0.2, 0.25) is 5.91 Å². The first-order chi connectivity index (χ1) is 10.2. The summed E-state index contributed by atoms with van der Waals surface area (Å²) in [4.78, 5) is 12.1. The van der Waals surface area contributed by atoms with Crippen LogP contribution in [0.1, 0.15) is 25.3 Å². The summed E-state index contributed by atoms with van der Waals surface area (Å²) in [6.45, 7) is 3.11. The van der Waals surface area contributed by atoms with Crippen LogP contribution >= 0.6 is 0 Å². The predicted octanol–water partition coefficient (Wildman–Crippen LogP) is 2.24. The van der Waals surface area contributed by atoms with Gasteiger partial charge in [-0.15, -0.1) is 0 Å². The lowest BCUT2D eigenvalue weighted by Gasteiger charge is -2.12.